The van der Waals surface area contributed by atoms with Gasteiger partial charge in [-0.05, 0) is 23.8 Å². The minimum atomic E-state index is -1.11. The molecular weight excluding hydrogens is 326 g/mol. The first-order chi connectivity index (χ1) is 10.6. The smallest absolute Gasteiger partial charge is 0.347 e. The van der Waals surface area contributed by atoms with Crippen molar-refractivity contribution in [2.24, 2.45) is 0 Å². The maximum absolute atomic E-state index is 12.2. The molecule has 3 aromatic rings. The lowest BCUT2D eigenvalue weighted by atomic mass is 10.2. The molecule has 6 nitrogen and oxygen atoms in total. The molecule has 0 amide bonds. The normalized spacial score (nSPS) is 11.3. The van der Waals surface area contributed by atoms with Gasteiger partial charge in [0.1, 0.15) is 9.90 Å². The van der Waals surface area contributed by atoms with Gasteiger partial charge in [0.2, 0.25) is 0 Å². The van der Waals surface area contributed by atoms with Crippen molar-refractivity contribution in [2.45, 2.75) is 0 Å². The number of carbonyl (C=O) groups is 1. The van der Waals surface area contributed by atoms with Gasteiger partial charge in [0, 0.05) is 18.6 Å². The Morgan fingerprint density at radius 3 is 2.73 bits per heavy atom. The number of thiazole rings is 1. The van der Waals surface area contributed by atoms with Crippen molar-refractivity contribution in [1.82, 2.24) is 14.4 Å². The highest BCUT2D eigenvalue weighted by atomic mass is 35.5. The van der Waals surface area contributed by atoms with Gasteiger partial charge in [0.05, 0.1) is 5.69 Å². The van der Waals surface area contributed by atoms with E-state index in [-0.39, 0.29) is 14.9 Å². The summed E-state index contributed by atoms with van der Waals surface area (Å²) in [6.45, 7) is 0. The van der Waals surface area contributed by atoms with Crippen LogP contribution in [0.4, 0.5) is 0 Å². The van der Waals surface area contributed by atoms with Crippen LogP contribution in [-0.2, 0) is 0 Å². The van der Waals surface area contributed by atoms with E-state index in [1.54, 1.807) is 36.7 Å². The molecule has 0 saturated carbocycles. The first-order valence-electron chi connectivity index (χ1n) is 6.09. The fourth-order valence-corrected chi connectivity index (χ4v) is 2.81. The van der Waals surface area contributed by atoms with Crippen molar-refractivity contribution in [3.63, 3.8) is 0 Å². The molecule has 3 rings (SSSR count). The van der Waals surface area contributed by atoms with Crippen molar-refractivity contribution in [2.75, 3.05) is 0 Å². The van der Waals surface area contributed by atoms with Gasteiger partial charge in [-0.3, -0.25) is 14.2 Å². The van der Waals surface area contributed by atoms with E-state index in [0.717, 1.165) is 21.3 Å². The number of carboxylic acids is 1. The van der Waals surface area contributed by atoms with E-state index in [2.05, 4.69) is 9.97 Å². The number of halogens is 1. The van der Waals surface area contributed by atoms with Crippen LogP contribution in [0.1, 0.15) is 20.9 Å². The molecule has 0 aliphatic rings. The standard InChI is InChI=1S/C14H8ClN3O3S/c15-11-9(2-1-8-3-5-16-6-4-8)17-14-18(12(11)19)7-10(22-14)13(20)21/h1-7H,(H,20,21). The first kappa shape index (κ1) is 14.4. The summed E-state index contributed by atoms with van der Waals surface area (Å²) >= 11 is 6.94. The lowest BCUT2D eigenvalue weighted by molar-refractivity contribution is 0.0702. The molecule has 110 valence electrons. The second-order valence-electron chi connectivity index (χ2n) is 4.28. The summed E-state index contributed by atoms with van der Waals surface area (Å²) in [6.07, 6.45) is 7.87. The second-order valence-corrected chi connectivity index (χ2v) is 5.67. The highest BCUT2D eigenvalue weighted by Crippen LogP contribution is 2.19. The highest BCUT2D eigenvalue weighted by molar-refractivity contribution is 7.18. The van der Waals surface area contributed by atoms with Crippen LogP contribution in [0.15, 0.2) is 35.5 Å². The van der Waals surface area contributed by atoms with Crippen molar-refractivity contribution in [3.8, 4) is 0 Å². The average Bonchev–Trinajstić information content (AvgIpc) is 2.95. The van der Waals surface area contributed by atoms with E-state index >= 15 is 0 Å². The summed E-state index contributed by atoms with van der Waals surface area (Å²) in [4.78, 5) is 31.6. The van der Waals surface area contributed by atoms with Crippen molar-refractivity contribution in [1.29, 1.82) is 0 Å². The quantitative estimate of drug-likeness (QED) is 0.796. The zero-order valence-corrected chi connectivity index (χ0v) is 12.5. The topological polar surface area (TPSA) is 84.6 Å². The number of aromatic nitrogens is 3. The summed E-state index contributed by atoms with van der Waals surface area (Å²) in [7, 11) is 0. The van der Waals surface area contributed by atoms with Crippen molar-refractivity contribution in [3.05, 3.63) is 62.2 Å². The lowest BCUT2D eigenvalue weighted by Gasteiger charge is -1.98. The Kier molecular flexibility index (Phi) is 3.74. The van der Waals surface area contributed by atoms with Gasteiger partial charge in [-0.25, -0.2) is 9.78 Å². The van der Waals surface area contributed by atoms with Gasteiger partial charge < -0.3 is 5.11 Å². The molecule has 0 aliphatic heterocycles. The van der Waals surface area contributed by atoms with Gasteiger partial charge >= 0.3 is 5.97 Å². The Morgan fingerprint density at radius 2 is 2.05 bits per heavy atom. The van der Waals surface area contributed by atoms with Gasteiger partial charge in [0.15, 0.2) is 4.96 Å². The number of hydrogen-bond acceptors (Lipinski definition) is 5. The molecule has 0 unspecified atom stereocenters. The summed E-state index contributed by atoms with van der Waals surface area (Å²) in [5.41, 5.74) is 0.678. The van der Waals surface area contributed by atoms with Crippen LogP contribution in [0.25, 0.3) is 17.1 Å². The molecule has 0 saturated heterocycles. The minimum Gasteiger partial charge on any atom is -0.477 e. The number of fused-ring (bicyclic) bond motifs is 1. The van der Waals surface area contributed by atoms with E-state index in [0.29, 0.717) is 5.69 Å². The van der Waals surface area contributed by atoms with Crippen LogP contribution >= 0.6 is 22.9 Å². The summed E-state index contributed by atoms with van der Waals surface area (Å²) in [6, 6.07) is 3.59. The Bertz CT molecular complexity index is 947. The number of pyridine rings is 1. The third kappa shape index (κ3) is 2.63. The maximum Gasteiger partial charge on any atom is 0.347 e. The van der Waals surface area contributed by atoms with Gasteiger partial charge in [-0.1, -0.05) is 29.0 Å². The van der Waals surface area contributed by atoms with E-state index < -0.39 is 11.5 Å². The molecular formula is C14H8ClN3O3S. The largest absolute Gasteiger partial charge is 0.477 e. The third-order valence-corrected chi connectivity index (χ3v) is 4.18. The predicted molar refractivity (Wildman–Crippen MR) is 84.5 cm³/mol. The fraction of sp³-hybridized carbons (Fsp3) is 0. The molecule has 3 heterocycles. The van der Waals surface area contributed by atoms with Crippen LogP contribution in [-0.4, -0.2) is 25.4 Å². The molecule has 8 heteroatoms. The summed E-state index contributed by atoms with van der Waals surface area (Å²) in [5.74, 6) is -1.11. The van der Waals surface area contributed by atoms with Crippen LogP contribution < -0.4 is 5.56 Å². The second kappa shape index (κ2) is 5.70. The Labute approximate surface area is 133 Å². The van der Waals surface area contributed by atoms with Crippen LogP contribution in [0.5, 0.6) is 0 Å². The van der Waals surface area contributed by atoms with Crippen molar-refractivity contribution >= 4 is 46.0 Å². The Hall–Kier alpha value is -2.51. The number of carboxylic acid groups (broad SMARTS) is 1. The Balaban J connectivity index is 2.10. The molecule has 0 spiro atoms. The molecule has 0 fully saturated rings. The zero-order valence-electron chi connectivity index (χ0n) is 10.9. The molecule has 1 N–H and O–H groups in total. The average molecular weight is 334 g/mol. The molecule has 0 radical (unpaired) electrons. The molecule has 0 bridgehead atoms. The monoisotopic (exact) mass is 333 g/mol. The zero-order chi connectivity index (χ0) is 15.7. The highest BCUT2D eigenvalue weighted by Gasteiger charge is 2.14. The van der Waals surface area contributed by atoms with E-state index in [1.165, 1.54) is 6.20 Å². The Morgan fingerprint density at radius 1 is 1.32 bits per heavy atom. The van der Waals surface area contributed by atoms with E-state index in [4.69, 9.17) is 16.7 Å². The van der Waals surface area contributed by atoms with Crippen LogP contribution in [0, 0.1) is 0 Å². The lowest BCUT2D eigenvalue weighted by Crippen LogP contribution is -2.14. The van der Waals surface area contributed by atoms with Gasteiger partial charge in [-0.15, -0.1) is 0 Å². The summed E-state index contributed by atoms with van der Waals surface area (Å²) in [5, 5.41) is 8.92. The minimum absolute atomic E-state index is 0.0240. The van der Waals surface area contributed by atoms with E-state index in [9.17, 15) is 9.59 Å². The van der Waals surface area contributed by atoms with Crippen LogP contribution in [0.2, 0.25) is 5.02 Å². The first-order valence-corrected chi connectivity index (χ1v) is 7.29. The molecule has 22 heavy (non-hydrogen) atoms. The summed E-state index contributed by atoms with van der Waals surface area (Å²) < 4.78 is 1.14. The molecule has 3 aromatic heterocycles. The number of rotatable bonds is 3. The van der Waals surface area contributed by atoms with Crippen LogP contribution in [0.3, 0.4) is 0 Å². The SMILES string of the molecule is O=C(O)c1cn2c(=O)c(Cl)c(C=Cc3ccncc3)nc2s1. The maximum atomic E-state index is 12.2. The molecule has 0 aliphatic carbocycles. The third-order valence-electron chi connectivity index (χ3n) is 2.85. The molecule has 0 atom stereocenters. The van der Waals surface area contributed by atoms with Crippen molar-refractivity contribution < 1.29 is 9.90 Å². The number of aromatic carboxylic acids is 1. The predicted octanol–water partition coefficient (Wildman–Crippen LogP) is 2.67. The van der Waals surface area contributed by atoms with Gasteiger partial charge in [-0.2, -0.15) is 0 Å². The number of nitrogens with zero attached hydrogens (tertiary/aromatic N) is 3. The molecule has 0 aromatic carbocycles. The van der Waals surface area contributed by atoms with E-state index in [1.807, 2.05) is 0 Å². The fourth-order valence-electron chi connectivity index (χ4n) is 1.79. The van der Waals surface area contributed by atoms with Gasteiger partial charge in [0.25, 0.3) is 5.56 Å². The number of hydrogen-bond donors (Lipinski definition) is 1.